The van der Waals surface area contributed by atoms with Crippen LogP contribution >= 0.6 is 0 Å². The Morgan fingerprint density at radius 3 is 2.67 bits per heavy atom. The van der Waals surface area contributed by atoms with Crippen molar-refractivity contribution in [3.05, 3.63) is 0 Å². The van der Waals surface area contributed by atoms with E-state index in [2.05, 4.69) is 5.32 Å². The maximum absolute atomic E-state index is 10.5. The van der Waals surface area contributed by atoms with E-state index in [1.807, 2.05) is 0 Å². The van der Waals surface area contributed by atoms with Crippen LogP contribution in [-0.2, 0) is 9.59 Å². The standard InChI is InChI=1S/C7H11NO4/c9-6(10)3-4-1-2-5(8-4)7(11)12/h4-5,8H,1-3H2,(H,9,10)(H,11,12)/t4-,5-/m0/s1/i2D/t2-,4+,5+/m1. The lowest BCUT2D eigenvalue weighted by molar-refractivity contribution is -0.140. The van der Waals surface area contributed by atoms with Gasteiger partial charge in [-0.05, 0) is 12.8 Å². The summed E-state index contributed by atoms with van der Waals surface area (Å²) in [7, 11) is 0. The second-order valence-electron chi connectivity index (χ2n) is 2.75. The van der Waals surface area contributed by atoms with Crippen LogP contribution in [0.25, 0.3) is 0 Å². The molecule has 0 saturated carbocycles. The third-order valence-electron chi connectivity index (χ3n) is 1.76. The largest absolute Gasteiger partial charge is 0.481 e. The molecule has 1 rings (SSSR count). The molecule has 0 unspecified atom stereocenters. The van der Waals surface area contributed by atoms with Crippen LogP contribution in [0.15, 0.2) is 0 Å². The predicted molar refractivity (Wildman–Crippen MR) is 39.8 cm³/mol. The molecule has 0 aromatic carbocycles. The number of carboxylic acid groups (broad SMARTS) is 2. The highest BCUT2D eigenvalue weighted by molar-refractivity contribution is 5.74. The van der Waals surface area contributed by atoms with Crippen molar-refractivity contribution in [2.45, 2.75) is 31.3 Å². The average Bonchev–Trinajstić information content (AvgIpc) is 2.29. The van der Waals surface area contributed by atoms with Gasteiger partial charge in [-0.1, -0.05) is 0 Å². The number of nitrogens with one attached hydrogen (secondary N) is 1. The van der Waals surface area contributed by atoms with Gasteiger partial charge in [0.05, 0.1) is 6.42 Å². The Kier molecular flexibility index (Phi) is 2.22. The number of aliphatic carboxylic acids is 2. The van der Waals surface area contributed by atoms with E-state index in [4.69, 9.17) is 11.6 Å². The van der Waals surface area contributed by atoms with E-state index >= 15 is 0 Å². The van der Waals surface area contributed by atoms with Crippen molar-refractivity contribution in [1.82, 2.24) is 5.32 Å². The Bertz CT molecular complexity index is 233. The third kappa shape index (κ3) is 2.20. The molecule has 0 aromatic rings. The van der Waals surface area contributed by atoms with Crippen molar-refractivity contribution < 1.29 is 21.2 Å². The summed E-state index contributed by atoms with van der Waals surface area (Å²) in [5.41, 5.74) is 0. The van der Waals surface area contributed by atoms with Gasteiger partial charge in [0.1, 0.15) is 6.04 Å². The van der Waals surface area contributed by atoms with E-state index in [1.165, 1.54) is 0 Å². The second-order valence-corrected chi connectivity index (χ2v) is 2.75. The lowest BCUT2D eigenvalue weighted by Gasteiger charge is -2.07. The van der Waals surface area contributed by atoms with E-state index in [0.717, 1.165) is 0 Å². The Morgan fingerprint density at radius 1 is 1.58 bits per heavy atom. The zero-order chi connectivity index (χ0) is 10.0. The molecule has 1 fully saturated rings. The second kappa shape index (κ2) is 3.53. The van der Waals surface area contributed by atoms with E-state index in [0.29, 0.717) is 0 Å². The van der Waals surface area contributed by atoms with Gasteiger partial charge in [0, 0.05) is 7.41 Å². The molecular formula is C7H11NO4. The number of carbonyl (C=O) groups is 2. The smallest absolute Gasteiger partial charge is 0.320 e. The first-order valence-electron chi connectivity index (χ1n) is 4.21. The zero-order valence-electron chi connectivity index (χ0n) is 7.36. The van der Waals surface area contributed by atoms with E-state index in [9.17, 15) is 9.59 Å². The fraction of sp³-hybridized carbons (Fsp3) is 0.714. The maximum atomic E-state index is 10.5. The molecule has 0 spiro atoms. The molecule has 0 aromatic heterocycles. The fourth-order valence-corrected chi connectivity index (χ4v) is 1.22. The van der Waals surface area contributed by atoms with Gasteiger partial charge >= 0.3 is 11.9 Å². The van der Waals surface area contributed by atoms with Crippen molar-refractivity contribution in [2.24, 2.45) is 0 Å². The molecule has 5 nitrogen and oxygen atoms in total. The molecule has 0 radical (unpaired) electrons. The van der Waals surface area contributed by atoms with Crippen molar-refractivity contribution in [1.29, 1.82) is 0 Å². The maximum Gasteiger partial charge on any atom is 0.320 e. The molecule has 1 aliphatic heterocycles. The Morgan fingerprint density at radius 2 is 2.25 bits per heavy atom. The SMILES string of the molecule is [2H][C@@H]1C[C@@H](CC(=O)O)N[C@@H]1C(=O)O. The Hall–Kier alpha value is -1.10. The lowest BCUT2D eigenvalue weighted by atomic mass is 10.1. The van der Waals surface area contributed by atoms with Gasteiger partial charge in [0.15, 0.2) is 0 Å². The Labute approximate surface area is 70.8 Å². The molecule has 0 bridgehead atoms. The summed E-state index contributed by atoms with van der Waals surface area (Å²) < 4.78 is 7.36. The molecule has 1 heterocycles. The quantitative estimate of drug-likeness (QED) is 0.545. The van der Waals surface area contributed by atoms with E-state index < -0.39 is 24.4 Å². The number of hydrogen-bond donors (Lipinski definition) is 3. The highest BCUT2D eigenvalue weighted by Crippen LogP contribution is 2.14. The monoisotopic (exact) mass is 174 g/mol. The predicted octanol–water partition coefficient (Wildman–Crippen LogP) is -0.334. The molecule has 12 heavy (non-hydrogen) atoms. The first-order valence-corrected chi connectivity index (χ1v) is 3.63. The minimum Gasteiger partial charge on any atom is -0.481 e. The fourth-order valence-electron chi connectivity index (χ4n) is 1.22. The molecular weight excluding hydrogens is 162 g/mol. The van der Waals surface area contributed by atoms with Gasteiger partial charge in [0.2, 0.25) is 0 Å². The summed E-state index contributed by atoms with van der Waals surface area (Å²) in [6.45, 7) is 0. The van der Waals surface area contributed by atoms with Crippen molar-refractivity contribution in [2.75, 3.05) is 0 Å². The minimum absolute atomic E-state index is 0.126. The Balaban J connectivity index is 2.50. The van der Waals surface area contributed by atoms with Crippen LogP contribution in [0.4, 0.5) is 0 Å². The molecule has 5 heteroatoms. The van der Waals surface area contributed by atoms with Gasteiger partial charge in [-0.25, -0.2) is 0 Å². The average molecular weight is 174 g/mol. The van der Waals surface area contributed by atoms with E-state index in [-0.39, 0.29) is 18.9 Å². The van der Waals surface area contributed by atoms with Gasteiger partial charge in [0.25, 0.3) is 0 Å². The zero-order valence-corrected chi connectivity index (χ0v) is 6.36. The summed E-state index contributed by atoms with van der Waals surface area (Å²) in [6, 6.07) is -1.31. The van der Waals surface area contributed by atoms with Crippen molar-refractivity contribution in [3.8, 4) is 0 Å². The van der Waals surface area contributed by atoms with Crippen molar-refractivity contribution in [3.63, 3.8) is 0 Å². The van der Waals surface area contributed by atoms with Crippen LogP contribution in [-0.4, -0.2) is 34.2 Å². The third-order valence-corrected chi connectivity index (χ3v) is 1.76. The molecule has 0 amide bonds. The number of carboxylic acids is 2. The van der Waals surface area contributed by atoms with Crippen LogP contribution in [0, 0.1) is 0 Å². The van der Waals surface area contributed by atoms with Crippen LogP contribution in [0.2, 0.25) is 0 Å². The normalized spacial score (nSPS) is 36.0. The van der Waals surface area contributed by atoms with Crippen molar-refractivity contribution >= 4 is 11.9 Å². The molecule has 3 N–H and O–H groups in total. The van der Waals surface area contributed by atoms with Crippen LogP contribution < -0.4 is 5.32 Å². The molecule has 1 saturated heterocycles. The number of hydrogen-bond acceptors (Lipinski definition) is 3. The van der Waals surface area contributed by atoms with E-state index in [1.54, 1.807) is 0 Å². The molecule has 3 atom stereocenters. The highest BCUT2D eigenvalue weighted by Gasteiger charge is 2.29. The summed E-state index contributed by atoms with van der Waals surface area (Å²) >= 11 is 0. The highest BCUT2D eigenvalue weighted by atomic mass is 16.4. The first-order chi connectivity index (χ1) is 6.00. The number of rotatable bonds is 3. The van der Waals surface area contributed by atoms with Crippen LogP contribution in [0.1, 0.15) is 20.6 Å². The topological polar surface area (TPSA) is 86.6 Å². The molecule has 1 aliphatic rings. The molecule has 68 valence electrons. The van der Waals surface area contributed by atoms with Crippen LogP contribution in [0.5, 0.6) is 0 Å². The van der Waals surface area contributed by atoms with Gasteiger partial charge in [-0.2, -0.15) is 0 Å². The summed E-state index contributed by atoms with van der Waals surface area (Å²) in [5.74, 6) is -2.07. The lowest BCUT2D eigenvalue weighted by Crippen LogP contribution is -2.36. The minimum atomic E-state index is -1.09. The van der Waals surface area contributed by atoms with Gasteiger partial charge < -0.3 is 15.5 Å². The summed E-state index contributed by atoms with van der Waals surface area (Å²) in [6.07, 6.45) is -0.593. The van der Waals surface area contributed by atoms with Gasteiger partial charge in [-0.15, -0.1) is 0 Å². The van der Waals surface area contributed by atoms with Gasteiger partial charge in [-0.3, -0.25) is 9.59 Å². The summed E-state index contributed by atoms with van der Waals surface area (Å²) in [4.78, 5) is 20.8. The molecule has 0 aliphatic carbocycles. The summed E-state index contributed by atoms with van der Waals surface area (Å²) in [5, 5.41) is 19.6. The first kappa shape index (κ1) is 7.54. The van der Waals surface area contributed by atoms with Crippen LogP contribution in [0.3, 0.4) is 0 Å².